The topological polar surface area (TPSA) is 62.3 Å². The normalized spacial score (nSPS) is 12.2. The number of thioether (sulfide) groups is 1. The van der Waals surface area contributed by atoms with E-state index in [1.165, 1.54) is 6.07 Å². The van der Waals surface area contributed by atoms with Gasteiger partial charge < -0.3 is 10.2 Å². The Labute approximate surface area is 194 Å². The quantitative estimate of drug-likeness (QED) is 0.450. The fraction of sp³-hybridized carbons (Fsp3) is 0.208. The molecule has 1 N–H and O–H groups in total. The van der Waals surface area contributed by atoms with Crippen molar-refractivity contribution >= 4 is 29.3 Å². The first-order valence-electron chi connectivity index (χ1n) is 10.0. The van der Waals surface area contributed by atoms with E-state index >= 15 is 0 Å². The lowest BCUT2D eigenvalue weighted by molar-refractivity contribution is -0.138. The molecule has 1 unspecified atom stereocenters. The van der Waals surface area contributed by atoms with E-state index in [9.17, 15) is 22.8 Å². The van der Waals surface area contributed by atoms with Gasteiger partial charge in [-0.1, -0.05) is 42.1 Å². The van der Waals surface area contributed by atoms with Gasteiger partial charge in [-0.15, -0.1) is 0 Å². The van der Waals surface area contributed by atoms with Gasteiger partial charge >= 0.3 is 6.18 Å². The van der Waals surface area contributed by atoms with E-state index < -0.39 is 11.7 Å². The molecule has 1 atom stereocenters. The third-order valence-corrected chi connectivity index (χ3v) is 5.97. The SMILES string of the molecule is CC(c1cccc(NC(=O)c2ccccc2)c1)N(C)C(=O)CSc1ccc(C(F)(F)F)cn1. The number of carbonyl (C=O) groups is 2. The average Bonchev–Trinajstić information content (AvgIpc) is 2.82. The molecule has 0 saturated carbocycles. The Hall–Kier alpha value is -3.33. The zero-order chi connectivity index (χ0) is 24.0. The van der Waals surface area contributed by atoms with Crippen LogP contribution in [-0.4, -0.2) is 34.5 Å². The molecule has 2 aromatic carbocycles. The van der Waals surface area contributed by atoms with E-state index in [0.717, 1.165) is 29.6 Å². The molecule has 3 aromatic rings. The molecule has 5 nitrogen and oxygen atoms in total. The van der Waals surface area contributed by atoms with E-state index in [2.05, 4.69) is 10.3 Å². The number of alkyl halides is 3. The molecule has 0 aliphatic carbocycles. The molecule has 3 rings (SSSR count). The number of carbonyl (C=O) groups excluding carboxylic acids is 2. The van der Waals surface area contributed by atoms with Gasteiger partial charge in [-0.3, -0.25) is 9.59 Å². The highest BCUT2D eigenvalue weighted by Gasteiger charge is 2.30. The molecule has 2 amide bonds. The molecule has 0 saturated heterocycles. The summed E-state index contributed by atoms with van der Waals surface area (Å²) in [6.07, 6.45) is -3.69. The second-order valence-corrected chi connectivity index (χ2v) is 8.29. The number of hydrogen-bond donors (Lipinski definition) is 1. The Morgan fingerprint density at radius 1 is 1.06 bits per heavy atom. The Morgan fingerprint density at radius 3 is 2.42 bits per heavy atom. The molecule has 0 aliphatic rings. The maximum atomic E-state index is 12.6. The highest BCUT2D eigenvalue weighted by molar-refractivity contribution is 7.99. The number of nitrogens with one attached hydrogen (secondary N) is 1. The van der Waals surface area contributed by atoms with Crippen molar-refractivity contribution in [2.75, 3.05) is 18.1 Å². The number of aromatic nitrogens is 1. The summed E-state index contributed by atoms with van der Waals surface area (Å²) in [7, 11) is 1.66. The summed E-state index contributed by atoms with van der Waals surface area (Å²) in [5.74, 6) is -0.401. The molecule has 0 spiro atoms. The van der Waals surface area contributed by atoms with Crippen LogP contribution in [0.15, 0.2) is 78.0 Å². The molecule has 33 heavy (non-hydrogen) atoms. The van der Waals surface area contributed by atoms with Gasteiger partial charge in [0.15, 0.2) is 0 Å². The largest absolute Gasteiger partial charge is 0.417 e. The third kappa shape index (κ3) is 6.58. The lowest BCUT2D eigenvalue weighted by Gasteiger charge is -2.25. The average molecular weight is 474 g/mol. The van der Waals surface area contributed by atoms with Gasteiger partial charge in [0.25, 0.3) is 5.91 Å². The fourth-order valence-corrected chi connectivity index (χ4v) is 3.75. The molecule has 1 aromatic heterocycles. The van der Waals surface area contributed by atoms with Gasteiger partial charge in [0.2, 0.25) is 5.91 Å². The van der Waals surface area contributed by atoms with Crippen molar-refractivity contribution in [3.05, 3.63) is 89.6 Å². The maximum Gasteiger partial charge on any atom is 0.417 e. The first-order chi connectivity index (χ1) is 15.6. The molecule has 0 fully saturated rings. The van der Waals surface area contributed by atoms with E-state index in [0.29, 0.717) is 16.3 Å². The monoisotopic (exact) mass is 473 g/mol. The Kier molecular flexibility index (Phi) is 7.75. The van der Waals surface area contributed by atoms with Gasteiger partial charge in [0.05, 0.1) is 22.4 Å². The standard InChI is InChI=1S/C24H22F3N3O2S/c1-16(18-9-6-10-20(13-18)29-23(32)17-7-4-3-5-8-17)30(2)22(31)15-33-21-12-11-19(14-28-21)24(25,26)27/h3-14,16H,15H2,1-2H3,(H,29,32). The highest BCUT2D eigenvalue weighted by atomic mass is 32.2. The maximum absolute atomic E-state index is 12.6. The van der Waals surface area contributed by atoms with Crippen LogP contribution in [-0.2, 0) is 11.0 Å². The number of halogens is 3. The first kappa shape index (κ1) is 24.3. The number of hydrogen-bond acceptors (Lipinski definition) is 4. The van der Waals surface area contributed by atoms with Gasteiger partial charge in [0, 0.05) is 24.5 Å². The van der Waals surface area contributed by atoms with Crippen LogP contribution < -0.4 is 5.32 Å². The molecule has 0 radical (unpaired) electrons. The van der Waals surface area contributed by atoms with Crippen LogP contribution in [0.5, 0.6) is 0 Å². The van der Waals surface area contributed by atoms with Crippen molar-refractivity contribution in [3.63, 3.8) is 0 Å². The second-order valence-electron chi connectivity index (χ2n) is 7.30. The molecule has 1 heterocycles. The van der Waals surface area contributed by atoms with E-state index in [-0.39, 0.29) is 23.6 Å². The van der Waals surface area contributed by atoms with Crippen molar-refractivity contribution in [2.45, 2.75) is 24.2 Å². The summed E-state index contributed by atoms with van der Waals surface area (Å²) in [5.41, 5.74) is 1.15. The number of rotatable bonds is 7. The van der Waals surface area contributed by atoms with Crippen LogP contribution in [0.1, 0.15) is 34.5 Å². The third-order valence-electron chi connectivity index (χ3n) is 5.04. The number of pyridine rings is 1. The second kappa shape index (κ2) is 10.5. The predicted molar refractivity (Wildman–Crippen MR) is 122 cm³/mol. The Balaban J connectivity index is 1.59. The van der Waals surface area contributed by atoms with Crippen molar-refractivity contribution in [1.82, 2.24) is 9.88 Å². The zero-order valence-corrected chi connectivity index (χ0v) is 18.8. The summed E-state index contributed by atoms with van der Waals surface area (Å²) < 4.78 is 37.9. The zero-order valence-electron chi connectivity index (χ0n) is 18.0. The minimum atomic E-state index is -4.45. The summed E-state index contributed by atoms with van der Waals surface area (Å²) in [5, 5.41) is 3.18. The van der Waals surface area contributed by atoms with Crippen molar-refractivity contribution < 1.29 is 22.8 Å². The van der Waals surface area contributed by atoms with Crippen LogP contribution in [0.3, 0.4) is 0 Å². The summed E-state index contributed by atoms with van der Waals surface area (Å²) >= 11 is 1.07. The molecular formula is C24H22F3N3O2S. The van der Waals surface area contributed by atoms with Crippen molar-refractivity contribution in [1.29, 1.82) is 0 Å². The Morgan fingerprint density at radius 2 is 1.79 bits per heavy atom. The summed E-state index contributed by atoms with van der Waals surface area (Å²) in [6, 6.07) is 18.0. The summed E-state index contributed by atoms with van der Waals surface area (Å²) in [4.78, 5) is 30.3. The van der Waals surface area contributed by atoms with Gasteiger partial charge in [-0.2, -0.15) is 13.2 Å². The smallest absolute Gasteiger partial charge is 0.338 e. The Bertz CT molecular complexity index is 1110. The number of amides is 2. The minimum absolute atomic E-state index is 0.0314. The fourth-order valence-electron chi connectivity index (χ4n) is 2.98. The van der Waals surface area contributed by atoms with Crippen molar-refractivity contribution in [2.24, 2.45) is 0 Å². The number of anilines is 1. The predicted octanol–water partition coefficient (Wildman–Crippen LogP) is 5.66. The lowest BCUT2D eigenvalue weighted by atomic mass is 10.1. The highest BCUT2D eigenvalue weighted by Crippen LogP contribution is 2.30. The first-order valence-corrected chi connectivity index (χ1v) is 11.0. The minimum Gasteiger partial charge on any atom is -0.338 e. The van der Waals surface area contributed by atoms with Crippen LogP contribution in [0.25, 0.3) is 0 Å². The molecule has 9 heteroatoms. The molecule has 0 bridgehead atoms. The number of benzene rings is 2. The van der Waals surface area contributed by atoms with Crippen LogP contribution in [0, 0.1) is 0 Å². The van der Waals surface area contributed by atoms with E-state index in [4.69, 9.17) is 0 Å². The molecule has 0 aliphatic heterocycles. The van der Waals surface area contributed by atoms with Crippen LogP contribution in [0.2, 0.25) is 0 Å². The van der Waals surface area contributed by atoms with Crippen LogP contribution in [0.4, 0.5) is 18.9 Å². The molecule has 172 valence electrons. The van der Waals surface area contributed by atoms with Crippen LogP contribution >= 0.6 is 11.8 Å². The molecular weight excluding hydrogens is 451 g/mol. The van der Waals surface area contributed by atoms with E-state index in [1.54, 1.807) is 54.4 Å². The van der Waals surface area contributed by atoms with Crippen molar-refractivity contribution in [3.8, 4) is 0 Å². The lowest BCUT2D eigenvalue weighted by Crippen LogP contribution is -2.31. The van der Waals surface area contributed by atoms with Gasteiger partial charge in [-0.05, 0) is 48.9 Å². The van der Waals surface area contributed by atoms with Gasteiger partial charge in [0.1, 0.15) is 0 Å². The summed E-state index contributed by atoms with van der Waals surface area (Å²) in [6.45, 7) is 1.86. The number of nitrogens with zero attached hydrogens (tertiary/aromatic N) is 2. The van der Waals surface area contributed by atoms with E-state index in [1.807, 2.05) is 19.1 Å². The van der Waals surface area contributed by atoms with Gasteiger partial charge in [-0.25, -0.2) is 4.98 Å².